The molecule has 0 fully saturated rings. The lowest BCUT2D eigenvalue weighted by atomic mass is 10.0. The number of allylic oxidation sites excluding steroid dienone is 1. The van der Waals surface area contributed by atoms with Gasteiger partial charge in [0.05, 0.1) is 39.9 Å². The fourth-order valence-corrected chi connectivity index (χ4v) is 7.01. The lowest BCUT2D eigenvalue weighted by Gasteiger charge is -2.25. The third-order valence-electron chi connectivity index (χ3n) is 9.76. The number of aliphatic hydroxyl groups is 1. The van der Waals surface area contributed by atoms with Crippen LogP contribution in [-0.2, 0) is 18.4 Å². The van der Waals surface area contributed by atoms with Gasteiger partial charge in [0.2, 0.25) is 5.91 Å². The standard InChI is InChI=1S/C42H85N2O6P/c1-6-8-10-12-14-16-18-20-21-22-23-24-25-27-29-31-33-35-41(45)40(39-50-51(47,48)49-38-37-44(3,4)5)43-42(46)36-34-32-30-28-26-19-17-15-13-11-9-7-2/h33,35,40-41,45H,6-32,34,36-39H2,1-5H3,(H-,43,46,47,48)/p+1/b35-33+/t40-,41+/m0/s1. The van der Waals surface area contributed by atoms with E-state index < -0.39 is 20.0 Å². The van der Waals surface area contributed by atoms with Gasteiger partial charge in [0.1, 0.15) is 13.2 Å². The molecule has 1 unspecified atom stereocenters. The second-order valence-electron chi connectivity index (χ2n) is 16.1. The smallest absolute Gasteiger partial charge is 0.387 e. The summed E-state index contributed by atoms with van der Waals surface area (Å²) >= 11 is 0. The minimum Gasteiger partial charge on any atom is -0.387 e. The number of nitrogens with one attached hydrogen (secondary N) is 1. The maximum Gasteiger partial charge on any atom is 0.472 e. The van der Waals surface area contributed by atoms with Crippen molar-refractivity contribution in [3.05, 3.63) is 12.2 Å². The molecule has 1 amide bonds. The summed E-state index contributed by atoms with van der Waals surface area (Å²) in [5.41, 5.74) is 0. The minimum absolute atomic E-state index is 0.0645. The van der Waals surface area contributed by atoms with Crippen molar-refractivity contribution in [1.29, 1.82) is 0 Å². The quantitative estimate of drug-likeness (QED) is 0.0250. The molecule has 0 saturated carbocycles. The molecular weight excluding hydrogens is 659 g/mol. The molecule has 0 radical (unpaired) electrons. The van der Waals surface area contributed by atoms with Gasteiger partial charge in [-0.25, -0.2) is 4.57 Å². The first-order chi connectivity index (χ1) is 24.5. The molecule has 0 bridgehead atoms. The van der Waals surface area contributed by atoms with E-state index >= 15 is 0 Å². The summed E-state index contributed by atoms with van der Waals surface area (Å²) in [6.45, 7) is 4.81. The summed E-state index contributed by atoms with van der Waals surface area (Å²) in [6.07, 6.45) is 38.4. The topological polar surface area (TPSA) is 105 Å². The van der Waals surface area contributed by atoms with E-state index in [1.54, 1.807) is 6.08 Å². The predicted molar refractivity (Wildman–Crippen MR) is 217 cm³/mol. The molecule has 0 aromatic carbocycles. The van der Waals surface area contributed by atoms with E-state index in [9.17, 15) is 19.4 Å². The van der Waals surface area contributed by atoms with Crippen LogP contribution in [0, 0.1) is 0 Å². The fraction of sp³-hybridized carbons (Fsp3) is 0.929. The Kier molecular flexibility index (Phi) is 34.5. The number of amides is 1. The Balaban J connectivity index is 4.43. The Morgan fingerprint density at radius 2 is 1.04 bits per heavy atom. The Bertz CT molecular complexity index is 850. The molecule has 0 heterocycles. The average molecular weight is 746 g/mol. The van der Waals surface area contributed by atoms with Crippen molar-refractivity contribution in [2.75, 3.05) is 40.9 Å². The number of unbranched alkanes of at least 4 members (excludes halogenated alkanes) is 26. The first-order valence-corrected chi connectivity index (χ1v) is 23.1. The number of hydrogen-bond donors (Lipinski definition) is 3. The normalized spacial score (nSPS) is 14.6. The van der Waals surface area contributed by atoms with Crippen LogP contribution < -0.4 is 5.32 Å². The van der Waals surface area contributed by atoms with Crippen LogP contribution >= 0.6 is 7.82 Å². The zero-order valence-electron chi connectivity index (χ0n) is 34.4. The molecular formula is C42H86N2O6P+. The van der Waals surface area contributed by atoms with E-state index in [0.29, 0.717) is 17.4 Å². The van der Waals surface area contributed by atoms with Crippen molar-refractivity contribution in [3.8, 4) is 0 Å². The molecule has 3 N–H and O–H groups in total. The molecule has 304 valence electrons. The van der Waals surface area contributed by atoms with Crippen LogP contribution in [0.2, 0.25) is 0 Å². The molecule has 0 saturated heterocycles. The van der Waals surface area contributed by atoms with Gasteiger partial charge in [0.15, 0.2) is 0 Å². The van der Waals surface area contributed by atoms with Gasteiger partial charge in [-0.2, -0.15) is 0 Å². The van der Waals surface area contributed by atoms with Crippen LogP contribution in [0.25, 0.3) is 0 Å². The first kappa shape index (κ1) is 50.2. The van der Waals surface area contributed by atoms with Gasteiger partial charge in [-0.3, -0.25) is 13.8 Å². The molecule has 0 aliphatic rings. The number of quaternary nitrogens is 1. The van der Waals surface area contributed by atoms with Gasteiger partial charge >= 0.3 is 7.82 Å². The highest BCUT2D eigenvalue weighted by Crippen LogP contribution is 2.43. The van der Waals surface area contributed by atoms with Gasteiger partial charge in [0.25, 0.3) is 0 Å². The van der Waals surface area contributed by atoms with E-state index in [0.717, 1.165) is 32.1 Å². The second kappa shape index (κ2) is 35.0. The van der Waals surface area contributed by atoms with Gasteiger partial charge in [-0.1, -0.05) is 187 Å². The molecule has 3 atom stereocenters. The predicted octanol–water partition coefficient (Wildman–Crippen LogP) is 11.6. The fourth-order valence-electron chi connectivity index (χ4n) is 6.28. The van der Waals surface area contributed by atoms with Crippen molar-refractivity contribution < 1.29 is 32.9 Å². The highest BCUT2D eigenvalue weighted by atomic mass is 31.2. The van der Waals surface area contributed by atoms with Gasteiger partial charge < -0.3 is 19.8 Å². The molecule has 0 spiro atoms. The second-order valence-corrected chi connectivity index (χ2v) is 17.5. The Morgan fingerprint density at radius 1 is 0.647 bits per heavy atom. The molecule has 8 nitrogen and oxygen atoms in total. The lowest BCUT2D eigenvalue weighted by molar-refractivity contribution is -0.870. The summed E-state index contributed by atoms with van der Waals surface area (Å²) in [5, 5.41) is 13.8. The maximum absolute atomic E-state index is 12.8. The molecule has 0 aromatic heterocycles. The van der Waals surface area contributed by atoms with Crippen molar-refractivity contribution in [2.24, 2.45) is 0 Å². The summed E-state index contributed by atoms with van der Waals surface area (Å²) < 4.78 is 23.5. The van der Waals surface area contributed by atoms with E-state index in [2.05, 4.69) is 19.2 Å². The third kappa shape index (κ3) is 37.4. The van der Waals surface area contributed by atoms with Crippen LogP contribution in [0.15, 0.2) is 12.2 Å². The minimum atomic E-state index is -4.33. The zero-order chi connectivity index (χ0) is 37.9. The highest BCUT2D eigenvalue weighted by molar-refractivity contribution is 7.47. The molecule has 0 aliphatic carbocycles. The van der Waals surface area contributed by atoms with Crippen molar-refractivity contribution in [2.45, 2.75) is 212 Å². The number of nitrogens with zero attached hydrogens (tertiary/aromatic N) is 1. The number of likely N-dealkylation sites (N-methyl/N-ethyl adjacent to an activating group) is 1. The van der Waals surface area contributed by atoms with E-state index in [1.807, 2.05) is 27.2 Å². The Hall–Kier alpha value is -0.760. The van der Waals surface area contributed by atoms with Crippen molar-refractivity contribution in [3.63, 3.8) is 0 Å². The monoisotopic (exact) mass is 746 g/mol. The Morgan fingerprint density at radius 3 is 1.45 bits per heavy atom. The zero-order valence-corrected chi connectivity index (χ0v) is 35.3. The van der Waals surface area contributed by atoms with Crippen molar-refractivity contribution >= 4 is 13.7 Å². The highest BCUT2D eigenvalue weighted by Gasteiger charge is 2.27. The van der Waals surface area contributed by atoms with Gasteiger partial charge in [-0.15, -0.1) is 0 Å². The van der Waals surface area contributed by atoms with Gasteiger partial charge in [-0.05, 0) is 19.3 Å². The van der Waals surface area contributed by atoms with Gasteiger partial charge in [0, 0.05) is 6.42 Å². The number of phosphoric ester groups is 1. The number of aliphatic hydroxyl groups excluding tert-OH is 1. The molecule has 0 rings (SSSR count). The molecule has 9 heteroatoms. The Labute approximate surface area is 316 Å². The summed E-state index contributed by atoms with van der Waals surface area (Å²) in [4.78, 5) is 23.0. The summed E-state index contributed by atoms with van der Waals surface area (Å²) in [7, 11) is 1.58. The number of hydrogen-bond acceptors (Lipinski definition) is 5. The third-order valence-corrected chi connectivity index (χ3v) is 10.7. The van der Waals surface area contributed by atoms with E-state index in [1.165, 1.54) is 148 Å². The van der Waals surface area contributed by atoms with E-state index in [-0.39, 0.29) is 19.1 Å². The summed E-state index contributed by atoms with van der Waals surface area (Å²) in [5.74, 6) is -0.177. The average Bonchev–Trinajstić information content (AvgIpc) is 3.07. The molecule has 0 aliphatic heterocycles. The van der Waals surface area contributed by atoms with Crippen LogP contribution in [0.5, 0.6) is 0 Å². The number of carbonyl (C=O) groups is 1. The maximum atomic E-state index is 12.8. The largest absolute Gasteiger partial charge is 0.472 e. The van der Waals surface area contributed by atoms with Crippen LogP contribution in [0.4, 0.5) is 0 Å². The number of phosphoric acid groups is 1. The summed E-state index contributed by atoms with van der Waals surface area (Å²) in [6, 6.07) is -0.838. The molecule has 0 aromatic rings. The van der Waals surface area contributed by atoms with Crippen molar-refractivity contribution in [1.82, 2.24) is 5.32 Å². The SMILES string of the molecule is CCCCCCCCCCCCCCCCC/C=C/[C@@H](O)[C@H](COP(=O)(O)OCC[N+](C)(C)C)NC(=O)CCCCCCCCCCCCCC. The first-order valence-electron chi connectivity index (χ1n) is 21.6. The van der Waals surface area contributed by atoms with Crippen LogP contribution in [0.1, 0.15) is 200 Å². The number of carbonyl (C=O) groups excluding carboxylic acids is 1. The molecule has 51 heavy (non-hydrogen) atoms. The van der Waals surface area contributed by atoms with E-state index in [4.69, 9.17) is 9.05 Å². The van der Waals surface area contributed by atoms with Crippen LogP contribution in [-0.4, -0.2) is 73.4 Å². The lowest BCUT2D eigenvalue weighted by Crippen LogP contribution is -2.45. The number of rotatable bonds is 39. The van der Waals surface area contributed by atoms with Crippen LogP contribution in [0.3, 0.4) is 0 Å².